The Bertz CT molecular complexity index is 3190. The van der Waals surface area contributed by atoms with Crippen molar-refractivity contribution in [3.8, 4) is 23.0 Å². The van der Waals surface area contributed by atoms with Crippen molar-refractivity contribution >= 4 is 0 Å². The molecule has 3 aliphatic rings. The first-order valence-electron chi connectivity index (χ1n) is 29.7. The van der Waals surface area contributed by atoms with Gasteiger partial charge in [0, 0.05) is 57.3 Å². The zero-order chi connectivity index (χ0) is 59.7. The van der Waals surface area contributed by atoms with Crippen LogP contribution < -0.4 is 18.9 Å². The van der Waals surface area contributed by atoms with Crippen LogP contribution in [-0.4, -0.2) is 28.4 Å². The Balaban J connectivity index is 1.30. The van der Waals surface area contributed by atoms with Gasteiger partial charge in [0.15, 0.2) is 0 Å². The van der Waals surface area contributed by atoms with E-state index in [1.165, 1.54) is 0 Å². The molecule has 2 aliphatic heterocycles. The molecule has 0 N–H and O–H groups in total. The van der Waals surface area contributed by atoms with E-state index in [0.29, 0.717) is 35.8 Å². The molecule has 8 nitrogen and oxygen atoms in total. The third kappa shape index (κ3) is 10.5. The van der Waals surface area contributed by atoms with Gasteiger partial charge >= 0.3 is 0 Å². The molecule has 0 saturated carbocycles. The first-order chi connectivity index (χ1) is 39.9. The lowest BCUT2D eigenvalue weighted by molar-refractivity contribution is -0.152. The monoisotopic (exact) mass is 1120 g/mol. The van der Waals surface area contributed by atoms with E-state index in [9.17, 15) is 0 Å². The van der Waals surface area contributed by atoms with Crippen LogP contribution in [0.1, 0.15) is 197 Å². The van der Waals surface area contributed by atoms with Gasteiger partial charge in [-0.3, -0.25) is 0 Å². The minimum Gasteiger partial charge on any atom is -0.496 e. The van der Waals surface area contributed by atoms with E-state index in [0.717, 1.165) is 89.0 Å². The summed E-state index contributed by atoms with van der Waals surface area (Å²) >= 11 is 0. The Morgan fingerprint density at radius 3 is 0.655 bits per heavy atom. The number of ether oxygens (including phenoxy) is 8. The van der Waals surface area contributed by atoms with Crippen molar-refractivity contribution in [1.82, 2.24) is 0 Å². The van der Waals surface area contributed by atoms with Gasteiger partial charge in [-0.2, -0.15) is 0 Å². The molecule has 2 saturated heterocycles. The fourth-order valence-electron chi connectivity index (χ4n) is 12.8. The van der Waals surface area contributed by atoms with Gasteiger partial charge in [-0.15, -0.1) is 0 Å². The minimum atomic E-state index is -1.37. The van der Waals surface area contributed by atoms with Gasteiger partial charge in [-0.1, -0.05) is 229 Å². The van der Waals surface area contributed by atoms with Gasteiger partial charge < -0.3 is 37.9 Å². The Morgan fingerprint density at radius 2 is 0.488 bits per heavy atom. The molecule has 0 amide bonds. The van der Waals surface area contributed by atoms with Crippen LogP contribution in [0.3, 0.4) is 0 Å². The highest BCUT2D eigenvalue weighted by molar-refractivity contribution is 5.60. The molecule has 4 atom stereocenters. The topological polar surface area (TPSA) is 73.8 Å². The van der Waals surface area contributed by atoms with E-state index in [1.54, 1.807) is 28.4 Å². The molecule has 11 rings (SSSR count). The summed E-state index contributed by atoms with van der Waals surface area (Å²) in [5.74, 6) is 0.0811. The standard InChI is InChI=1S/C76H84O8/c1-71(2,3)55-39-47-37-48-40-56(72(4,5)6)45-61(64(48)78-14)69-70(84-76(83-69,53-33-25-19-26-34-53)54-35-27-20-28-36-54)62-46-58(74(10,11)12)42-50(66(62)80-16)38-49-41-57(73(7,8)9)44-60(65(49)79-15)68-67(59(43-55)63(47)77-13)81-75(82-68,51-29-21-17-22-30-51)52-31-23-18-24-32-52/h17-36,39-46,67-70H,37-38H2,1-16H3. The summed E-state index contributed by atoms with van der Waals surface area (Å²) in [5, 5.41) is 0. The molecule has 0 spiro atoms. The maximum atomic E-state index is 7.92. The van der Waals surface area contributed by atoms with E-state index in [2.05, 4.69) is 180 Å². The van der Waals surface area contributed by atoms with Crippen LogP contribution in [0.4, 0.5) is 0 Å². The third-order valence-electron chi connectivity index (χ3n) is 17.4. The summed E-state index contributed by atoms with van der Waals surface area (Å²) in [5.41, 5.74) is 14.0. The van der Waals surface area contributed by atoms with E-state index in [1.807, 2.05) is 72.8 Å². The first-order valence-corrected chi connectivity index (χ1v) is 29.7. The third-order valence-corrected chi connectivity index (χ3v) is 17.4. The van der Waals surface area contributed by atoms with Crippen LogP contribution in [0, 0.1) is 0 Å². The van der Waals surface area contributed by atoms with Crippen molar-refractivity contribution in [3.63, 3.8) is 0 Å². The molecule has 0 aromatic heterocycles. The summed E-state index contributed by atoms with van der Waals surface area (Å²) in [6, 6.07) is 59.7. The van der Waals surface area contributed by atoms with Crippen molar-refractivity contribution < 1.29 is 37.9 Å². The number of fused-ring (bicyclic) bond motifs is 14. The van der Waals surface area contributed by atoms with Gasteiger partial charge in [0.2, 0.25) is 11.6 Å². The predicted octanol–water partition coefficient (Wildman–Crippen LogP) is 17.9. The fraction of sp³-hybridized carbons (Fsp3) is 0.368. The van der Waals surface area contributed by atoms with Crippen LogP contribution in [0.15, 0.2) is 170 Å². The Morgan fingerprint density at radius 1 is 0.298 bits per heavy atom. The number of methoxy groups -OCH3 is 4. The van der Waals surface area contributed by atoms with Crippen molar-refractivity contribution in [3.05, 3.63) is 259 Å². The van der Waals surface area contributed by atoms with Crippen LogP contribution in [0.2, 0.25) is 0 Å². The highest BCUT2D eigenvalue weighted by atomic mass is 16.8. The average Bonchev–Trinajstić information content (AvgIpc) is 2.76. The molecule has 0 radical (unpaired) electrons. The van der Waals surface area contributed by atoms with Crippen LogP contribution >= 0.6 is 0 Å². The molecule has 2 fully saturated rings. The predicted molar refractivity (Wildman–Crippen MR) is 335 cm³/mol. The SMILES string of the molecule is COc1c2cc(C(C)(C)C)cc1C1OC(c3ccccc3)(c3ccccc3)OC1c1cc(C(C)(C)C)cc(c1OC)Cc1cc(C(C)(C)C)cc(c1OC)C1OC(c3ccccc3)(c3ccccc3)OC1c1cc(C(C)(C)C)cc(c1OC)C2. The zero-order valence-electron chi connectivity index (χ0n) is 52.2. The summed E-state index contributed by atoms with van der Waals surface area (Å²) in [7, 11) is 7.11. The minimum absolute atomic E-state index is 0.310. The average molecular weight is 1130 g/mol. The molecule has 436 valence electrons. The van der Waals surface area contributed by atoms with E-state index >= 15 is 0 Å². The van der Waals surface area contributed by atoms with Crippen LogP contribution in [-0.2, 0) is 65.0 Å². The summed E-state index contributed by atoms with van der Waals surface area (Å²) in [6.07, 6.45) is -2.10. The molecular formula is C76H84O8. The van der Waals surface area contributed by atoms with Crippen LogP contribution in [0.5, 0.6) is 23.0 Å². The molecule has 8 heteroatoms. The highest BCUT2D eigenvalue weighted by Gasteiger charge is 2.55. The van der Waals surface area contributed by atoms with E-state index in [4.69, 9.17) is 37.9 Å². The lowest BCUT2D eigenvalue weighted by Gasteiger charge is -2.31. The largest absolute Gasteiger partial charge is 0.496 e. The summed E-state index contributed by atoms with van der Waals surface area (Å²) in [6.45, 7) is 27.2. The number of hydrogen-bond acceptors (Lipinski definition) is 8. The van der Waals surface area contributed by atoms with Gasteiger partial charge in [0.25, 0.3) is 0 Å². The summed E-state index contributed by atoms with van der Waals surface area (Å²) in [4.78, 5) is 0. The molecule has 84 heavy (non-hydrogen) atoms. The fourth-order valence-corrected chi connectivity index (χ4v) is 12.8. The number of hydrogen-bond donors (Lipinski definition) is 0. The Hall–Kier alpha value is -7.20. The van der Waals surface area contributed by atoms with Gasteiger partial charge in [-0.25, -0.2) is 0 Å². The second-order valence-corrected chi connectivity index (χ2v) is 27.2. The molecule has 8 aromatic rings. The first kappa shape index (κ1) is 58.6. The van der Waals surface area contributed by atoms with E-state index in [-0.39, 0.29) is 21.7 Å². The van der Waals surface area contributed by atoms with Crippen molar-refractivity contribution in [2.45, 2.75) is 154 Å². The van der Waals surface area contributed by atoms with Gasteiger partial charge in [0.05, 0.1) is 28.4 Å². The maximum Gasteiger partial charge on any atom is 0.223 e. The zero-order valence-corrected chi connectivity index (χ0v) is 52.2. The molecule has 2 heterocycles. The van der Waals surface area contributed by atoms with Crippen molar-refractivity contribution in [1.29, 1.82) is 0 Å². The number of benzene rings is 8. The van der Waals surface area contributed by atoms with E-state index < -0.39 is 36.0 Å². The second kappa shape index (κ2) is 22.0. The van der Waals surface area contributed by atoms with Crippen LogP contribution in [0.25, 0.3) is 0 Å². The maximum absolute atomic E-state index is 7.92. The van der Waals surface area contributed by atoms with Crippen molar-refractivity contribution in [2.24, 2.45) is 0 Å². The Kier molecular flexibility index (Phi) is 15.3. The lowest BCUT2D eigenvalue weighted by atomic mass is 9.78. The molecule has 4 unspecified atom stereocenters. The lowest BCUT2D eigenvalue weighted by Crippen LogP contribution is -2.29. The Labute approximate surface area is 499 Å². The normalized spacial score (nSPS) is 19.3. The summed E-state index contributed by atoms with van der Waals surface area (Å²) < 4.78 is 59.2. The molecular weight excluding hydrogens is 1040 g/mol. The number of rotatable bonds is 8. The highest BCUT2D eigenvalue weighted by Crippen LogP contribution is 2.61. The second-order valence-electron chi connectivity index (χ2n) is 27.2. The van der Waals surface area contributed by atoms with Gasteiger partial charge in [-0.05, 0) is 90.4 Å². The molecule has 8 aromatic carbocycles. The smallest absolute Gasteiger partial charge is 0.223 e. The van der Waals surface area contributed by atoms with Gasteiger partial charge in [0.1, 0.15) is 47.4 Å². The van der Waals surface area contributed by atoms with Crippen molar-refractivity contribution in [2.75, 3.05) is 28.4 Å². The molecule has 8 bridgehead atoms. The molecule has 1 aliphatic carbocycles. The quantitative estimate of drug-likeness (QED) is 0.149.